The van der Waals surface area contributed by atoms with Crippen LogP contribution in [-0.4, -0.2) is 30.6 Å². The van der Waals surface area contributed by atoms with Crippen molar-refractivity contribution in [1.29, 1.82) is 0 Å². The summed E-state index contributed by atoms with van der Waals surface area (Å²) in [5, 5.41) is 5.13. The van der Waals surface area contributed by atoms with Gasteiger partial charge in [0, 0.05) is 37.3 Å². The number of aryl methyl sites for hydroxylation is 1. The first kappa shape index (κ1) is 20.8. The molecule has 0 spiro atoms. The van der Waals surface area contributed by atoms with Crippen molar-refractivity contribution in [3.8, 4) is 11.5 Å². The van der Waals surface area contributed by atoms with E-state index >= 15 is 0 Å². The second kappa shape index (κ2) is 9.16. The van der Waals surface area contributed by atoms with Crippen LogP contribution in [0.5, 0.6) is 0 Å². The molecule has 0 aliphatic carbocycles. The highest BCUT2D eigenvalue weighted by molar-refractivity contribution is 5.89. The number of anilines is 2. The van der Waals surface area contributed by atoms with Crippen molar-refractivity contribution >= 4 is 17.4 Å². The van der Waals surface area contributed by atoms with Gasteiger partial charge >= 0.3 is 6.03 Å². The van der Waals surface area contributed by atoms with Crippen molar-refractivity contribution in [3.05, 3.63) is 65.6 Å². The van der Waals surface area contributed by atoms with Crippen LogP contribution in [0.25, 0.3) is 11.5 Å². The number of rotatable bonds is 6. The molecule has 1 aliphatic heterocycles. The second-order valence-electron chi connectivity index (χ2n) is 7.62. The van der Waals surface area contributed by atoms with Crippen molar-refractivity contribution in [3.63, 3.8) is 0 Å². The number of oxazole rings is 1. The van der Waals surface area contributed by atoms with Gasteiger partial charge in [0.15, 0.2) is 11.6 Å². The van der Waals surface area contributed by atoms with E-state index in [0.717, 1.165) is 36.1 Å². The van der Waals surface area contributed by atoms with Crippen LogP contribution in [0.1, 0.15) is 24.1 Å². The second-order valence-corrected chi connectivity index (χ2v) is 7.62. The van der Waals surface area contributed by atoms with Gasteiger partial charge in [0.2, 0.25) is 5.89 Å². The Hall–Kier alpha value is -3.42. The molecule has 0 unspecified atom stereocenters. The van der Waals surface area contributed by atoms with E-state index in [1.165, 1.54) is 0 Å². The molecule has 0 radical (unpaired) electrons. The highest BCUT2D eigenvalue weighted by Crippen LogP contribution is 2.29. The molecule has 2 N–H and O–H groups in total. The molecule has 1 aromatic heterocycles. The highest BCUT2D eigenvalue weighted by Gasteiger charge is 2.21. The summed E-state index contributed by atoms with van der Waals surface area (Å²) in [4.78, 5) is 18.2. The molecule has 0 bridgehead atoms. The monoisotopic (exact) mass is 426 g/mol. The van der Waals surface area contributed by atoms with E-state index in [1.807, 2.05) is 31.2 Å². The zero-order chi connectivity index (χ0) is 21.8. The Morgan fingerprint density at radius 2 is 1.81 bits per heavy atom. The Morgan fingerprint density at radius 1 is 1.13 bits per heavy atom. The molecular weight excluding hydrogens is 402 g/mol. The van der Waals surface area contributed by atoms with Gasteiger partial charge in [-0.05, 0) is 44.0 Å². The number of aromatic nitrogens is 1. The third kappa shape index (κ3) is 5.02. The van der Waals surface area contributed by atoms with E-state index in [4.69, 9.17) is 4.42 Å². The van der Waals surface area contributed by atoms with Crippen molar-refractivity contribution < 1.29 is 18.0 Å². The predicted molar refractivity (Wildman–Crippen MR) is 115 cm³/mol. The van der Waals surface area contributed by atoms with Crippen molar-refractivity contribution in [1.82, 2.24) is 10.3 Å². The third-order valence-corrected chi connectivity index (χ3v) is 5.21. The Morgan fingerprint density at radius 3 is 2.48 bits per heavy atom. The molecule has 3 aromatic rings. The fraction of sp³-hybridized carbons (Fsp3) is 0.304. The smallest absolute Gasteiger partial charge is 0.319 e. The van der Waals surface area contributed by atoms with Crippen LogP contribution in [0, 0.1) is 18.6 Å². The largest absolute Gasteiger partial charge is 0.444 e. The van der Waals surface area contributed by atoms with Gasteiger partial charge in [0.05, 0.1) is 5.69 Å². The van der Waals surface area contributed by atoms with E-state index in [1.54, 1.807) is 11.2 Å². The van der Waals surface area contributed by atoms with E-state index < -0.39 is 17.7 Å². The SMILES string of the molecule is Cc1ccc(-c2nc(CCNC(=O)Nc3cc(F)c(N4CCCC4)c(F)c3)co2)cc1. The molecule has 1 aliphatic rings. The van der Waals surface area contributed by atoms with Gasteiger partial charge in [-0.15, -0.1) is 0 Å². The lowest BCUT2D eigenvalue weighted by Crippen LogP contribution is -2.30. The minimum atomic E-state index is -0.677. The predicted octanol–water partition coefficient (Wildman–Crippen LogP) is 4.89. The minimum absolute atomic E-state index is 0.0288. The zero-order valence-corrected chi connectivity index (χ0v) is 17.3. The minimum Gasteiger partial charge on any atom is -0.444 e. The molecule has 1 saturated heterocycles. The maximum absolute atomic E-state index is 14.4. The quantitative estimate of drug-likeness (QED) is 0.589. The van der Waals surface area contributed by atoms with Gasteiger partial charge in [-0.25, -0.2) is 18.6 Å². The van der Waals surface area contributed by atoms with Gasteiger partial charge in [-0.1, -0.05) is 17.7 Å². The Labute approximate surface area is 179 Å². The topological polar surface area (TPSA) is 70.4 Å². The van der Waals surface area contributed by atoms with Gasteiger partial charge in [0.1, 0.15) is 12.0 Å². The number of urea groups is 1. The fourth-order valence-corrected chi connectivity index (χ4v) is 3.61. The number of carbonyl (C=O) groups excluding carboxylic acids is 1. The maximum Gasteiger partial charge on any atom is 0.319 e. The maximum atomic E-state index is 14.4. The molecule has 1 fully saturated rings. The zero-order valence-electron chi connectivity index (χ0n) is 17.3. The number of nitrogens with one attached hydrogen (secondary N) is 2. The lowest BCUT2D eigenvalue weighted by atomic mass is 10.1. The summed E-state index contributed by atoms with van der Waals surface area (Å²) in [5.74, 6) is -0.838. The lowest BCUT2D eigenvalue weighted by molar-refractivity contribution is 0.252. The number of benzene rings is 2. The third-order valence-electron chi connectivity index (χ3n) is 5.21. The lowest BCUT2D eigenvalue weighted by Gasteiger charge is -2.19. The Bertz CT molecular complexity index is 1040. The summed E-state index contributed by atoms with van der Waals surface area (Å²) < 4.78 is 34.3. The Kier molecular flexibility index (Phi) is 6.16. The summed E-state index contributed by atoms with van der Waals surface area (Å²) in [7, 11) is 0. The number of amides is 2. The molecular formula is C23H24F2N4O2. The molecule has 2 heterocycles. The van der Waals surface area contributed by atoms with E-state index in [2.05, 4.69) is 15.6 Å². The average molecular weight is 426 g/mol. The first-order chi connectivity index (χ1) is 15.0. The van der Waals surface area contributed by atoms with Gasteiger partial charge in [-0.3, -0.25) is 0 Å². The van der Waals surface area contributed by atoms with Gasteiger partial charge < -0.3 is 20.0 Å². The summed E-state index contributed by atoms with van der Waals surface area (Å²) in [5.41, 5.74) is 2.76. The van der Waals surface area contributed by atoms with Crippen LogP contribution < -0.4 is 15.5 Å². The molecule has 4 rings (SSSR count). The van der Waals surface area contributed by atoms with Crippen LogP contribution in [0.2, 0.25) is 0 Å². The number of hydrogen-bond acceptors (Lipinski definition) is 4. The summed E-state index contributed by atoms with van der Waals surface area (Å²) in [6.45, 7) is 3.57. The molecule has 0 atom stereocenters. The standard InChI is InChI=1S/C23H24F2N4O2/c1-15-4-6-16(7-5-15)22-27-17(14-31-22)8-9-26-23(30)28-18-12-19(24)21(20(25)13-18)29-10-2-3-11-29/h4-7,12-14H,2-3,8-11H2,1H3,(H2,26,28,30). The summed E-state index contributed by atoms with van der Waals surface area (Å²) in [6, 6.07) is 9.57. The van der Waals surface area contributed by atoms with Crippen molar-refractivity contribution in [2.24, 2.45) is 0 Å². The normalized spacial score (nSPS) is 13.5. The molecule has 0 saturated carbocycles. The number of halogens is 2. The summed E-state index contributed by atoms with van der Waals surface area (Å²) in [6.07, 6.45) is 3.84. The van der Waals surface area contributed by atoms with Gasteiger partial charge in [-0.2, -0.15) is 0 Å². The first-order valence-electron chi connectivity index (χ1n) is 10.3. The molecule has 162 valence electrons. The van der Waals surface area contributed by atoms with Crippen LogP contribution in [0.3, 0.4) is 0 Å². The summed E-state index contributed by atoms with van der Waals surface area (Å²) >= 11 is 0. The molecule has 6 nitrogen and oxygen atoms in total. The molecule has 8 heteroatoms. The Balaban J connectivity index is 1.29. The van der Waals surface area contributed by atoms with E-state index in [9.17, 15) is 13.6 Å². The fourth-order valence-electron chi connectivity index (χ4n) is 3.61. The van der Waals surface area contributed by atoms with Crippen molar-refractivity contribution in [2.45, 2.75) is 26.2 Å². The van der Waals surface area contributed by atoms with Crippen molar-refractivity contribution in [2.75, 3.05) is 29.9 Å². The number of hydrogen-bond donors (Lipinski definition) is 2. The molecule has 31 heavy (non-hydrogen) atoms. The van der Waals surface area contributed by atoms with Gasteiger partial charge in [0.25, 0.3) is 0 Å². The van der Waals surface area contributed by atoms with Crippen LogP contribution >= 0.6 is 0 Å². The van der Waals surface area contributed by atoms with Crippen LogP contribution in [0.15, 0.2) is 47.1 Å². The number of carbonyl (C=O) groups is 1. The average Bonchev–Trinajstić information content (AvgIpc) is 3.41. The first-order valence-corrected chi connectivity index (χ1v) is 10.3. The molecule has 2 aromatic carbocycles. The molecule has 2 amide bonds. The van der Waals surface area contributed by atoms with Crippen LogP contribution in [0.4, 0.5) is 25.0 Å². The number of nitrogens with zero attached hydrogens (tertiary/aromatic N) is 2. The van der Waals surface area contributed by atoms with E-state index in [0.29, 0.717) is 37.6 Å². The highest BCUT2D eigenvalue weighted by atomic mass is 19.1. The van der Waals surface area contributed by atoms with E-state index in [-0.39, 0.29) is 11.4 Å². The van der Waals surface area contributed by atoms with Crippen LogP contribution in [-0.2, 0) is 6.42 Å².